The van der Waals surface area contributed by atoms with Gasteiger partial charge in [-0.1, -0.05) is 0 Å². The number of carbonyl (C=O) groups excluding carboxylic acids is 1. The van der Waals surface area contributed by atoms with E-state index in [1.807, 2.05) is 32.9 Å². The Kier molecular flexibility index (Phi) is 5.04. The van der Waals surface area contributed by atoms with Crippen molar-refractivity contribution in [2.24, 2.45) is 5.92 Å². The summed E-state index contributed by atoms with van der Waals surface area (Å²) in [5.74, 6) is 1.27. The van der Waals surface area contributed by atoms with E-state index < -0.39 is 5.60 Å². The van der Waals surface area contributed by atoms with Gasteiger partial charge in [0.2, 0.25) is 0 Å². The van der Waals surface area contributed by atoms with Crippen LogP contribution in [0.5, 0.6) is 5.75 Å². The van der Waals surface area contributed by atoms with Gasteiger partial charge in [-0.25, -0.2) is 4.79 Å². The van der Waals surface area contributed by atoms with Crippen molar-refractivity contribution >= 4 is 6.09 Å². The van der Waals surface area contributed by atoms with Gasteiger partial charge in [-0.05, 0) is 51.7 Å². The molecule has 1 aliphatic heterocycles. The summed E-state index contributed by atoms with van der Waals surface area (Å²) in [5, 5.41) is 0. The molecule has 1 fully saturated rings. The SMILES string of the molecule is CC(C)(C)OC(=O)N1CCC(COc2cccnc2)CC1. The lowest BCUT2D eigenvalue weighted by atomic mass is 9.98. The molecule has 0 unspecified atom stereocenters. The van der Waals surface area contributed by atoms with Crippen molar-refractivity contribution in [1.82, 2.24) is 9.88 Å². The number of piperidine rings is 1. The van der Waals surface area contributed by atoms with Gasteiger partial charge in [0.15, 0.2) is 0 Å². The standard InChI is InChI=1S/C16H24N2O3/c1-16(2,3)21-15(19)18-9-6-13(7-10-18)12-20-14-5-4-8-17-11-14/h4-5,8,11,13H,6-7,9-10,12H2,1-3H3. The van der Waals surface area contributed by atoms with Crippen LogP contribution in [-0.2, 0) is 4.74 Å². The second kappa shape index (κ2) is 6.78. The average molecular weight is 292 g/mol. The summed E-state index contributed by atoms with van der Waals surface area (Å²) >= 11 is 0. The van der Waals surface area contributed by atoms with E-state index in [0.29, 0.717) is 12.5 Å². The first kappa shape index (κ1) is 15.6. The number of amides is 1. The van der Waals surface area contributed by atoms with Crippen LogP contribution in [0, 0.1) is 5.92 Å². The third-order valence-corrected chi connectivity index (χ3v) is 3.39. The molecule has 0 aromatic carbocycles. The zero-order chi connectivity index (χ0) is 15.3. The Bertz CT molecular complexity index is 448. The zero-order valence-corrected chi connectivity index (χ0v) is 13.0. The third kappa shape index (κ3) is 5.25. The van der Waals surface area contributed by atoms with Crippen molar-refractivity contribution in [1.29, 1.82) is 0 Å². The second-order valence-electron chi connectivity index (χ2n) is 6.41. The normalized spacial score (nSPS) is 16.6. The summed E-state index contributed by atoms with van der Waals surface area (Å²) < 4.78 is 11.1. The number of hydrogen-bond donors (Lipinski definition) is 0. The molecule has 0 atom stereocenters. The van der Waals surface area contributed by atoms with Crippen LogP contribution in [0.2, 0.25) is 0 Å². The predicted octanol–water partition coefficient (Wildman–Crippen LogP) is 3.11. The van der Waals surface area contributed by atoms with Gasteiger partial charge in [0.25, 0.3) is 0 Å². The quantitative estimate of drug-likeness (QED) is 0.859. The Morgan fingerprint density at radius 3 is 2.67 bits per heavy atom. The number of rotatable bonds is 3. The first-order chi connectivity index (χ1) is 9.94. The van der Waals surface area contributed by atoms with Gasteiger partial charge in [0.1, 0.15) is 11.4 Å². The summed E-state index contributed by atoms with van der Waals surface area (Å²) in [6.45, 7) is 7.80. The van der Waals surface area contributed by atoms with E-state index in [4.69, 9.17) is 9.47 Å². The minimum atomic E-state index is -0.433. The van der Waals surface area contributed by atoms with Crippen LogP contribution in [-0.4, -0.2) is 41.3 Å². The van der Waals surface area contributed by atoms with Crippen LogP contribution < -0.4 is 4.74 Å². The molecule has 21 heavy (non-hydrogen) atoms. The molecule has 5 heteroatoms. The summed E-state index contributed by atoms with van der Waals surface area (Å²) in [5.41, 5.74) is -0.433. The number of aromatic nitrogens is 1. The number of pyridine rings is 1. The fourth-order valence-electron chi connectivity index (χ4n) is 2.26. The molecule has 0 saturated carbocycles. The Hall–Kier alpha value is -1.78. The van der Waals surface area contributed by atoms with Crippen molar-refractivity contribution in [3.8, 4) is 5.75 Å². The molecule has 5 nitrogen and oxygen atoms in total. The van der Waals surface area contributed by atoms with Crippen LogP contribution >= 0.6 is 0 Å². The number of hydrogen-bond acceptors (Lipinski definition) is 4. The summed E-state index contributed by atoms with van der Waals surface area (Å²) in [6.07, 6.45) is 5.12. The molecule has 0 spiro atoms. The zero-order valence-electron chi connectivity index (χ0n) is 13.0. The Labute approximate surface area is 126 Å². The molecule has 0 N–H and O–H groups in total. The molecule has 1 aromatic rings. The number of ether oxygens (including phenoxy) is 2. The van der Waals surface area contributed by atoms with Crippen molar-refractivity contribution in [3.05, 3.63) is 24.5 Å². The highest BCUT2D eigenvalue weighted by Crippen LogP contribution is 2.20. The highest BCUT2D eigenvalue weighted by atomic mass is 16.6. The summed E-state index contributed by atoms with van der Waals surface area (Å²) in [7, 11) is 0. The number of carbonyl (C=O) groups is 1. The Balaban J connectivity index is 1.72. The van der Waals surface area contributed by atoms with E-state index >= 15 is 0 Å². The van der Waals surface area contributed by atoms with Gasteiger partial charge < -0.3 is 14.4 Å². The lowest BCUT2D eigenvalue weighted by molar-refractivity contribution is 0.0165. The van der Waals surface area contributed by atoms with Gasteiger partial charge in [0, 0.05) is 19.3 Å². The second-order valence-corrected chi connectivity index (χ2v) is 6.41. The van der Waals surface area contributed by atoms with Crippen molar-refractivity contribution in [3.63, 3.8) is 0 Å². The largest absolute Gasteiger partial charge is 0.492 e. The third-order valence-electron chi connectivity index (χ3n) is 3.39. The molecule has 1 aromatic heterocycles. The maximum atomic E-state index is 12.0. The van der Waals surface area contributed by atoms with Crippen molar-refractivity contribution < 1.29 is 14.3 Å². The Morgan fingerprint density at radius 1 is 1.38 bits per heavy atom. The molecule has 1 saturated heterocycles. The van der Waals surface area contributed by atoms with E-state index in [9.17, 15) is 4.79 Å². The first-order valence-electron chi connectivity index (χ1n) is 7.45. The van der Waals surface area contributed by atoms with Gasteiger partial charge in [-0.2, -0.15) is 0 Å². The van der Waals surface area contributed by atoms with Gasteiger partial charge in [-0.3, -0.25) is 4.98 Å². The van der Waals surface area contributed by atoms with E-state index in [0.717, 1.165) is 31.7 Å². The smallest absolute Gasteiger partial charge is 0.410 e. The van der Waals surface area contributed by atoms with E-state index in [2.05, 4.69) is 4.98 Å². The average Bonchev–Trinajstić information content (AvgIpc) is 2.45. The highest BCUT2D eigenvalue weighted by Gasteiger charge is 2.27. The van der Waals surface area contributed by atoms with Crippen LogP contribution in [0.1, 0.15) is 33.6 Å². The number of nitrogens with zero attached hydrogens (tertiary/aromatic N) is 2. The molecule has 0 bridgehead atoms. The van der Waals surface area contributed by atoms with Crippen LogP contribution in [0.3, 0.4) is 0 Å². The van der Waals surface area contributed by atoms with Crippen LogP contribution in [0.4, 0.5) is 4.79 Å². The van der Waals surface area contributed by atoms with Crippen LogP contribution in [0.15, 0.2) is 24.5 Å². The first-order valence-corrected chi connectivity index (χ1v) is 7.45. The molecule has 116 valence electrons. The molecular formula is C16H24N2O3. The highest BCUT2D eigenvalue weighted by molar-refractivity contribution is 5.68. The summed E-state index contributed by atoms with van der Waals surface area (Å²) in [6, 6.07) is 3.77. The van der Waals surface area contributed by atoms with Gasteiger partial charge in [0.05, 0.1) is 12.8 Å². The van der Waals surface area contributed by atoms with Gasteiger partial charge >= 0.3 is 6.09 Å². The monoisotopic (exact) mass is 292 g/mol. The lowest BCUT2D eigenvalue weighted by Crippen LogP contribution is -2.42. The van der Waals surface area contributed by atoms with E-state index in [1.165, 1.54) is 0 Å². The minimum Gasteiger partial charge on any atom is -0.492 e. The molecule has 0 aliphatic carbocycles. The van der Waals surface area contributed by atoms with Crippen molar-refractivity contribution in [2.75, 3.05) is 19.7 Å². The van der Waals surface area contributed by atoms with Crippen LogP contribution in [0.25, 0.3) is 0 Å². The topological polar surface area (TPSA) is 51.7 Å². The molecule has 1 amide bonds. The van der Waals surface area contributed by atoms with Gasteiger partial charge in [-0.15, -0.1) is 0 Å². The van der Waals surface area contributed by atoms with Crippen molar-refractivity contribution in [2.45, 2.75) is 39.2 Å². The molecule has 1 aliphatic rings. The summed E-state index contributed by atoms with van der Waals surface area (Å²) in [4.78, 5) is 17.8. The molecule has 2 rings (SSSR count). The lowest BCUT2D eigenvalue weighted by Gasteiger charge is -2.33. The predicted molar refractivity (Wildman–Crippen MR) is 80.3 cm³/mol. The molecular weight excluding hydrogens is 268 g/mol. The maximum Gasteiger partial charge on any atom is 0.410 e. The van der Waals surface area contributed by atoms with E-state index in [1.54, 1.807) is 17.3 Å². The fourth-order valence-corrected chi connectivity index (χ4v) is 2.26. The minimum absolute atomic E-state index is 0.214. The number of likely N-dealkylation sites (tertiary alicyclic amines) is 1. The van der Waals surface area contributed by atoms with E-state index in [-0.39, 0.29) is 6.09 Å². The molecule has 2 heterocycles. The molecule has 0 radical (unpaired) electrons. The Morgan fingerprint density at radius 2 is 2.10 bits per heavy atom. The fraction of sp³-hybridized carbons (Fsp3) is 0.625. The maximum absolute atomic E-state index is 12.0.